The summed E-state index contributed by atoms with van der Waals surface area (Å²) in [5.41, 5.74) is 0. The maximum atomic E-state index is 13.2. The smallest absolute Gasteiger partial charge is 0.249 e. The van der Waals surface area contributed by atoms with Gasteiger partial charge in [0.05, 0.1) is 0 Å². The van der Waals surface area contributed by atoms with Crippen molar-refractivity contribution >= 4 is 11.8 Å². The van der Waals surface area contributed by atoms with Gasteiger partial charge in [-0.15, -0.1) is 0 Å². The highest BCUT2D eigenvalue weighted by molar-refractivity contribution is 5.80. The van der Waals surface area contributed by atoms with Gasteiger partial charge in [0.1, 0.15) is 6.04 Å². The van der Waals surface area contributed by atoms with E-state index in [1.807, 2.05) is 9.80 Å². The summed E-state index contributed by atoms with van der Waals surface area (Å²) in [5, 5.41) is 3.92. The van der Waals surface area contributed by atoms with Gasteiger partial charge in [0, 0.05) is 31.5 Å². The molecule has 7 nitrogen and oxygen atoms in total. The van der Waals surface area contributed by atoms with Crippen LogP contribution in [0, 0.1) is 18.8 Å². The monoisotopic (exact) mass is 376 g/mol. The molecule has 0 radical (unpaired) electrons. The molecule has 0 bridgehead atoms. The molecule has 2 heterocycles. The summed E-state index contributed by atoms with van der Waals surface area (Å²) >= 11 is 0. The van der Waals surface area contributed by atoms with Crippen LogP contribution in [0.1, 0.15) is 76.6 Å². The first-order valence-electron chi connectivity index (χ1n) is 10.4. The first kappa shape index (κ1) is 19.8. The Morgan fingerprint density at radius 1 is 1.11 bits per heavy atom. The molecule has 3 rings (SSSR count). The van der Waals surface area contributed by atoms with Crippen molar-refractivity contribution in [3.05, 3.63) is 11.7 Å². The molecule has 0 N–H and O–H groups in total. The lowest BCUT2D eigenvalue weighted by atomic mass is 10.0. The summed E-state index contributed by atoms with van der Waals surface area (Å²) < 4.78 is 5.43. The van der Waals surface area contributed by atoms with E-state index in [-0.39, 0.29) is 29.7 Å². The third kappa shape index (κ3) is 4.33. The molecule has 2 amide bonds. The van der Waals surface area contributed by atoms with Gasteiger partial charge < -0.3 is 14.3 Å². The van der Waals surface area contributed by atoms with Gasteiger partial charge in [0.2, 0.25) is 17.7 Å². The topological polar surface area (TPSA) is 79.5 Å². The van der Waals surface area contributed by atoms with Gasteiger partial charge in [-0.3, -0.25) is 9.59 Å². The molecular formula is C20H32N4O3. The van der Waals surface area contributed by atoms with E-state index < -0.39 is 0 Å². The molecule has 1 aromatic rings. The minimum Gasteiger partial charge on any atom is -0.341 e. The molecule has 1 atom stereocenters. The number of amides is 2. The number of rotatable bonds is 5. The normalized spacial score (nSPS) is 21.7. The molecule has 1 saturated carbocycles. The standard InChI is InChI=1S/C20H32N4O3/c1-4-15(5-2)19(25)23-11-10-17(18-21-14(3)22-27-18)24(13-12-23)20(26)16-8-6-7-9-16/h15-17H,4-13H2,1-3H3. The summed E-state index contributed by atoms with van der Waals surface area (Å²) in [4.78, 5) is 34.3. The van der Waals surface area contributed by atoms with Crippen LogP contribution in [0.5, 0.6) is 0 Å². The van der Waals surface area contributed by atoms with Crippen LogP contribution in [0.3, 0.4) is 0 Å². The lowest BCUT2D eigenvalue weighted by molar-refractivity contribution is -0.139. The molecule has 1 aliphatic heterocycles. The first-order chi connectivity index (χ1) is 13.0. The predicted octanol–water partition coefficient (Wildman–Crippen LogP) is 3.11. The Balaban J connectivity index is 1.80. The number of nitrogens with zero attached hydrogens (tertiary/aromatic N) is 4. The van der Waals surface area contributed by atoms with Crippen LogP contribution in [0.15, 0.2) is 4.52 Å². The second-order valence-corrected chi connectivity index (χ2v) is 7.84. The Morgan fingerprint density at radius 3 is 2.41 bits per heavy atom. The quantitative estimate of drug-likeness (QED) is 0.789. The van der Waals surface area contributed by atoms with Gasteiger partial charge in [-0.1, -0.05) is 31.8 Å². The van der Waals surface area contributed by atoms with E-state index in [9.17, 15) is 9.59 Å². The second-order valence-electron chi connectivity index (χ2n) is 7.84. The highest BCUT2D eigenvalue weighted by Gasteiger charge is 2.37. The zero-order valence-electron chi connectivity index (χ0n) is 16.8. The van der Waals surface area contributed by atoms with Crippen molar-refractivity contribution in [2.24, 2.45) is 11.8 Å². The minimum absolute atomic E-state index is 0.0613. The number of hydrogen-bond acceptors (Lipinski definition) is 5. The molecule has 2 fully saturated rings. The SMILES string of the molecule is CCC(CC)C(=O)N1CCC(c2nc(C)no2)N(C(=O)C2CCCC2)CC1. The van der Waals surface area contributed by atoms with Crippen LogP contribution in [-0.2, 0) is 9.59 Å². The number of hydrogen-bond donors (Lipinski definition) is 0. The summed E-state index contributed by atoms with van der Waals surface area (Å²) in [6.07, 6.45) is 6.50. The summed E-state index contributed by atoms with van der Waals surface area (Å²) in [6.45, 7) is 7.64. The van der Waals surface area contributed by atoms with Gasteiger partial charge in [0.25, 0.3) is 0 Å². The predicted molar refractivity (Wildman–Crippen MR) is 101 cm³/mol. The number of aryl methyl sites for hydroxylation is 1. The average Bonchev–Trinajstić information content (AvgIpc) is 3.30. The zero-order valence-corrected chi connectivity index (χ0v) is 16.8. The van der Waals surface area contributed by atoms with E-state index in [2.05, 4.69) is 24.0 Å². The van der Waals surface area contributed by atoms with Crippen molar-refractivity contribution < 1.29 is 14.1 Å². The molecular weight excluding hydrogens is 344 g/mol. The third-order valence-corrected chi connectivity index (χ3v) is 6.12. The lowest BCUT2D eigenvalue weighted by Gasteiger charge is -2.29. The van der Waals surface area contributed by atoms with Crippen LogP contribution in [-0.4, -0.2) is 51.4 Å². The molecule has 1 unspecified atom stereocenters. The van der Waals surface area contributed by atoms with Crippen LogP contribution in [0.2, 0.25) is 0 Å². The zero-order chi connectivity index (χ0) is 19.4. The van der Waals surface area contributed by atoms with E-state index in [1.54, 1.807) is 6.92 Å². The second kappa shape index (κ2) is 8.85. The van der Waals surface area contributed by atoms with Crippen molar-refractivity contribution in [1.29, 1.82) is 0 Å². The number of aromatic nitrogens is 2. The highest BCUT2D eigenvalue weighted by atomic mass is 16.5. The fourth-order valence-electron chi connectivity index (χ4n) is 4.42. The van der Waals surface area contributed by atoms with Crippen LogP contribution in [0.4, 0.5) is 0 Å². The fraction of sp³-hybridized carbons (Fsp3) is 0.800. The largest absolute Gasteiger partial charge is 0.341 e. The number of carbonyl (C=O) groups excluding carboxylic acids is 2. The van der Waals surface area contributed by atoms with Gasteiger partial charge in [-0.25, -0.2) is 0 Å². The van der Waals surface area contributed by atoms with Crippen molar-refractivity contribution in [2.75, 3.05) is 19.6 Å². The summed E-state index contributed by atoms with van der Waals surface area (Å²) in [5.74, 6) is 1.62. The molecule has 0 aromatic carbocycles. The maximum absolute atomic E-state index is 13.2. The molecule has 2 aliphatic rings. The average molecular weight is 377 g/mol. The highest BCUT2D eigenvalue weighted by Crippen LogP contribution is 2.33. The number of carbonyl (C=O) groups is 2. The van der Waals surface area contributed by atoms with Gasteiger partial charge in [-0.2, -0.15) is 4.98 Å². The van der Waals surface area contributed by atoms with Gasteiger partial charge in [-0.05, 0) is 39.0 Å². The Morgan fingerprint density at radius 2 is 1.81 bits per heavy atom. The lowest BCUT2D eigenvalue weighted by Crippen LogP contribution is -2.42. The van der Waals surface area contributed by atoms with Crippen LogP contribution >= 0.6 is 0 Å². The molecule has 0 spiro atoms. The Labute approximate surface area is 161 Å². The van der Waals surface area contributed by atoms with Crippen molar-refractivity contribution in [3.63, 3.8) is 0 Å². The van der Waals surface area contributed by atoms with Crippen LogP contribution in [0.25, 0.3) is 0 Å². The van der Waals surface area contributed by atoms with Gasteiger partial charge in [0.15, 0.2) is 5.82 Å². The Kier molecular flexibility index (Phi) is 6.50. The molecule has 150 valence electrons. The minimum atomic E-state index is -0.237. The van der Waals surface area contributed by atoms with Crippen molar-refractivity contribution in [1.82, 2.24) is 19.9 Å². The molecule has 27 heavy (non-hydrogen) atoms. The first-order valence-corrected chi connectivity index (χ1v) is 10.4. The van der Waals surface area contributed by atoms with E-state index in [0.717, 1.165) is 38.5 Å². The maximum Gasteiger partial charge on any atom is 0.249 e. The molecule has 1 saturated heterocycles. The van der Waals surface area contributed by atoms with E-state index >= 15 is 0 Å². The Hall–Kier alpha value is -1.92. The van der Waals surface area contributed by atoms with Gasteiger partial charge >= 0.3 is 0 Å². The van der Waals surface area contributed by atoms with E-state index in [4.69, 9.17) is 4.52 Å². The summed E-state index contributed by atoms with van der Waals surface area (Å²) in [7, 11) is 0. The third-order valence-electron chi connectivity index (χ3n) is 6.12. The Bertz CT molecular complexity index is 649. The fourth-order valence-corrected chi connectivity index (χ4v) is 4.42. The molecule has 7 heteroatoms. The van der Waals surface area contributed by atoms with E-state index in [1.165, 1.54) is 0 Å². The van der Waals surface area contributed by atoms with Crippen LogP contribution < -0.4 is 0 Å². The van der Waals surface area contributed by atoms with Crippen molar-refractivity contribution in [2.45, 2.75) is 71.8 Å². The summed E-state index contributed by atoms with van der Waals surface area (Å²) in [6, 6.07) is -0.237. The van der Waals surface area contributed by atoms with E-state index in [0.29, 0.717) is 37.8 Å². The van der Waals surface area contributed by atoms with Crippen molar-refractivity contribution in [3.8, 4) is 0 Å². The molecule has 1 aromatic heterocycles. The molecule has 1 aliphatic carbocycles.